The van der Waals surface area contributed by atoms with E-state index in [2.05, 4.69) is 48.4 Å². The van der Waals surface area contributed by atoms with Gasteiger partial charge in [0.15, 0.2) is 0 Å². The molecule has 0 bridgehead atoms. The van der Waals surface area contributed by atoms with E-state index in [1.54, 1.807) is 29.9 Å². The fraction of sp³-hybridized carbons (Fsp3) is 0.214. The van der Waals surface area contributed by atoms with Crippen LogP contribution in [-0.4, -0.2) is 23.1 Å². The minimum absolute atomic E-state index is 0.134. The molecule has 0 aliphatic carbocycles. The van der Waals surface area contributed by atoms with Crippen molar-refractivity contribution < 1.29 is 4.79 Å². The minimum atomic E-state index is -0.308. The molecule has 8 heteroatoms. The number of thiophene rings is 1. The van der Waals surface area contributed by atoms with Gasteiger partial charge in [-0.25, -0.2) is 16.3 Å². The van der Waals surface area contributed by atoms with Crippen molar-refractivity contribution in [3.8, 4) is 0 Å². The van der Waals surface area contributed by atoms with Crippen LogP contribution in [0.25, 0.3) is 0 Å². The summed E-state index contributed by atoms with van der Waals surface area (Å²) in [4.78, 5) is 17.2. The van der Waals surface area contributed by atoms with Crippen molar-refractivity contribution in [2.75, 3.05) is 0 Å². The highest BCUT2D eigenvalue weighted by Gasteiger charge is 2.30. The molecule has 0 aromatic carbocycles. The summed E-state index contributed by atoms with van der Waals surface area (Å²) in [6.07, 6.45) is 5.62. The number of nitrogens with one attached hydrogen (secondary N) is 3. The standard InChI is InChI=1S/C14H14BrN5OS/c15-13-4-3-12(22-13)10-6-11(19-18-10)14(21)20-17-8-9-2-1-5-16-7-9/h1-5,7-8,10-11,18-19H,6H2,(H,20,21)/b17-8+. The lowest BCUT2D eigenvalue weighted by molar-refractivity contribution is -0.122. The number of hydrazone groups is 1. The second kappa shape index (κ2) is 7.10. The monoisotopic (exact) mass is 379 g/mol. The van der Waals surface area contributed by atoms with Crippen molar-refractivity contribution in [1.29, 1.82) is 0 Å². The largest absolute Gasteiger partial charge is 0.271 e. The molecule has 3 heterocycles. The molecular formula is C14H14BrN5OS. The van der Waals surface area contributed by atoms with Gasteiger partial charge in [-0.15, -0.1) is 11.3 Å². The normalized spacial score (nSPS) is 21.3. The van der Waals surface area contributed by atoms with Gasteiger partial charge in [-0.1, -0.05) is 6.07 Å². The summed E-state index contributed by atoms with van der Waals surface area (Å²) in [5.41, 5.74) is 9.53. The van der Waals surface area contributed by atoms with Gasteiger partial charge in [-0.2, -0.15) is 5.10 Å². The van der Waals surface area contributed by atoms with Crippen LogP contribution in [0.1, 0.15) is 22.9 Å². The van der Waals surface area contributed by atoms with Crippen molar-refractivity contribution >= 4 is 39.4 Å². The zero-order chi connectivity index (χ0) is 15.4. The predicted octanol–water partition coefficient (Wildman–Crippen LogP) is 1.96. The molecule has 2 unspecified atom stereocenters. The molecule has 2 aromatic rings. The number of carbonyl (C=O) groups excluding carboxylic acids is 1. The Morgan fingerprint density at radius 2 is 2.36 bits per heavy atom. The Hall–Kier alpha value is -1.61. The van der Waals surface area contributed by atoms with Gasteiger partial charge in [-0.3, -0.25) is 9.78 Å². The summed E-state index contributed by atoms with van der Waals surface area (Å²) in [6, 6.07) is 7.56. The first-order valence-corrected chi connectivity index (χ1v) is 8.32. The summed E-state index contributed by atoms with van der Waals surface area (Å²) in [6.45, 7) is 0. The first-order chi connectivity index (χ1) is 10.7. The lowest BCUT2D eigenvalue weighted by atomic mass is 10.1. The van der Waals surface area contributed by atoms with Crippen LogP contribution in [0.2, 0.25) is 0 Å². The van der Waals surface area contributed by atoms with Gasteiger partial charge >= 0.3 is 0 Å². The molecular weight excluding hydrogens is 366 g/mol. The number of carbonyl (C=O) groups is 1. The number of amides is 1. The van der Waals surface area contributed by atoms with Gasteiger partial charge in [-0.05, 0) is 40.5 Å². The SMILES string of the molecule is O=C(N/N=C/c1cccnc1)C1CC(c2ccc(Br)s2)NN1. The Bertz CT molecular complexity index is 675. The molecule has 0 radical (unpaired) electrons. The molecule has 2 aromatic heterocycles. The molecule has 0 spiro atoms. The van der Waals surface area contributed by atoms with E-state index in [-0.39, 0.29) is 18.0 Å². The molecule has 114 valence electrons. The lowest BCUT2D eigenvalue weighted by Crippen LogP contribution is -2.41. The van der Waals surface area contributed by atoms with E-state index in [0.717, 1.165) is 9.35 Å². The van der Waals surface area contributed by atoms with Gasteiger partial charge in [0.1, 0.15) is 6.04 Å². The summed E-state index contributed by atoms with van der Waals surface area (Å²) >= 11 is 5.11. The van der Waals surface area contributed by atoms with Gasteiger partial charge in [0.2, 0.25) is 0 Å². The van der Waals surface area contributed by atoms with Crippen LogP contribution >= 0.6 is 27.3 Å². The molecule has 1 amide bonds. The molecule has 1 aliphatic rings. The van der Waals surface area contributed by atoms with Gasteiger partial charge < -0.3 is 0 Å². The number of halogens is 1. The number of pyridine rings is 1. The molecule has 3 rings (SSSR count). The van der Waals surface area contributed by atoms with Crippen molar-refractivity contribution in [3.05, 3.63) is 50.9 Å². The number of hydrazine groups is 1. The van der Waals surface area contributed by atoms with Crippen LogP contribution in [0.4, 0.5) is 0 Å². The Morgan fingerprint density at radius 1 is 1.45 bits per heavy atom. The van der Waals surface area contributed by atoms with E-state index in [1.807, 2.05) is 18.2 Å². The van der Waals surface area contributed by atoms with Gasteiger partial charge in [0.05, 0.1) is 16.0 Å². The quantitative estimate of drug-likeness (QED) is 0.560. The number of nitrogens with zero attached hydrogens (tertiary/aromatic N) is 2. The third-order valence-electron chi connectivity index (χ3n) is 3.23. The zero-order valence-corrected chi connectivity index (χ0v) is 13.9. The summed E-state index contributed by atoms with van der Waals surface area (Å²) in [5.74, 6) is -0.161. The summed E-state index contributed by atoms with van der Waals surface area (Å²) in [5, 5.41) is 3.95. The maximum Gasteiger partial charge on any atom is 0.258 e. The van der Waals surface area contributed by atoms with Crippen LogP contribution in [0.3, 0.4) is 0 Å². The second-order valence-electron chi connectivity index (χ2n) is 4.79. The molecule has 22 heavy (non-hydrogen) atoms. The smallest absolute Gasteiger partial charge is 0.258 e. The minimum Gasteiger partial charge on any atom is -0.271 e. The average Bonchev–Trinajstić information content (AvgIpc) is 3.17. The molecule has 0 saturated carbocycles. The highest BCUT2D eigenvalue weighted by Crippen LogP contribution is 2.31. The van der Waals surface area contributed by atoms with E-state index in [0.29, 0.717) is 6.42 Å². The van der Waals surface area contributed by atoms with Crippen molar-refractivity contribution in [3.63, 3.8) is 0 Å². The first-order valence-electron chi connectivity index (χ1n) is 6.71. The summed E-state index contributed by atoms with van der Waals surface area (Å²) in [7, 11) is 0. The predicted molar refractivity (Wildman–Crippen MR) is 89.4 cm³/mol. The van der Waals surface area contributed by atoms with Crippen LogP contribution in [0.15, 0.2) is 45.5 Å². The van der Waals surface area contributed by atoms with Crippen molar-refractivity contribution in [2.24, 2.45) is 5.10 Å². The van der Waals surface area contributed by atoms with Crippen LogP contribution < -0.4 is 16.3 Å². The van der Waals surface area contributed by atoms with Gasteiger partial charge in [0, 0.05) is 22.8 Å². The van der Waals surface area contributed by atoms with E-state index < -0.39 is 0 Å². The molecule has 1 aliphatic heterocycles. The topological polar surface area (TPSA) is 78.4 Å². The third-order valence-corrected chi connectivity index (χ3v) is 4.97. The Morgan fingerprint density at radius 3 is 3.09 bits per heavy atom. The Balaban J connectivity index is 1.52. The Labute approximate surface area is 140 Å². The highest BCUT2D eigenvalue weighted by molar-refractivity contribution is 9.11. The van der Waals surface area contributed by atoms with E-state index in [9.17, 15) is 4.79 Å². The van der Waals surface area contributed by atoms with Crippen LogP contribution in [0.5, 0.6) is 0 Å². The number of aromatic nitrogens is 1. The third kappa shape index (κ3) is 3.77. The molecule has 6 nitrogen and oxygen atoms in total. The van der Waals surface area contributed by atoms with E-state index >= 15 is 0 Å². The average molecular weight is 380 g/mol. The van der Waals surface area contributed by atoms with Crippen LogP contribution in [0, 0.1) is 0 Å². The number of hydrogen-bond donors (Lipinski definition) is 3. The van der Waals surface area contributed by atoms with Crippen LogP contribution in [-0.2, 0) is 4.79 Å². The molecule has 2 atom stereocenters. The van der Waals surface area contributed by atoms with Crippen molar-refractivity contribution in [1.82, 2.24) is 21.3 Å². The highest BCUT2D eigenvalue weighted by atomic mass is 79.9. The lowest BCUT2D eigenvalue weighted by Gasteiger charge is -2.06. The summed E-state index contributed by atoms with van der Waals surface area (Å²) < 4.78 is 1.08. The van der Waals surface area contributed by atoms with E-state index in [4.69, 9.17) is 0 Å². The van der Waals surface area contributed by atoms with Gasteiger partial charge in [0.25, 0.3) is 5.91 Å². The fourth-order valence-electron chi connectivity index (χ4n) is 2.13. The van der Waals surface area contributed by atoms with Crippen molar-refractivity contribution in [2.45, 2.75) is 18.5 Å². The molecule has 3 N–H and O–H groups in total. The number of rotatable bonds is 4. The maximum absolute atomic E-state index is 12.1. The fourth-order valence-corrected chi connectivity index (χ4v) is 3.62. The number of hydrogen-bond acceptors (Lipinski definition) is 6. The maximum atomic E-state index is 12.1. The second-order valence-corrected chi connectivity index (χ2v) is 7.29. The Kier molecular flexibility index (Phi) is 4.94. The zero-order valence-electron chi connectivity index (χ0n) is 11.5. The molecule has 1 fully saturated rings. The first kappa shape index (κ1) is 15.3. The molecule has 1 saturated heterocycles. The van der Waals surface area contributed by atoms with E-state index in [1.165, 1.54) is 4.88 Å².